The summed E-state index contributed by atoms with van der Waals surface area (Å²) in [7, 11) is 0. The van der Waals surface area contributed by atoms with Crippen molar-refractivity contribution in [3.8, 4) is 12.1 Å². The lowest BCUT2D eigenvalue weighted by Crippen LogP contribution is -2.19. The molecule has 0 N–H and O–H groups in total. The molecule has 0 aromatic carbocycles. The van der Waals surface area contributed by atoms with Crippen LogP contribution in [0.5, 0.6) is 0 Å². The maximum atomic E-state index is 10.9. The van der Waals surface area contributed by atoms with Crippen molar-refractivity contribution in [1.82, 2.24) is 0 Å². The highest BCUT2D eigenvalue weighted by molar-refractivity contribution is 5.86. The fourth-order valence-corrected chi connectivity index (χ4v) is 0.505. The zero-order valence-corrected chi connectivity index (χ0v) is 7.07. The first-order valence-electron chi connectivity index (χ1n) is 3.55. The Morgan fingerprint density at radius 2 is 1.92 bits per heavy atom. The third-order valence-corrected chi connectivity index (χ3v) is 1.14. The van der Waals surface area contributed by atoms with Crippen molar-refractivity contribution in [2.75, 3.05) is 6.61 Å². The van der Waals surface area contributed by atoms with Crippen molar-refractivity contribution >= 4 is 5.78 Å². The van der Waals surface area contributed by atoms with Crippen molar-refractivity contribution in [2.45, 2.75) is 20.0 Å². The average Bonchev–Trinajstić information content (AvgIpc) is 2.03. The molecule has 0 aliphatic heterocycles. The molecule has 0 atom stereocenters. The molecule has 0 fully saturated rings. The van der Waals surface area contributed by atoms with Gasteiger partial charge in [-0.3, -0.25) is 4.79 Å². The molecule has 64 valence electrons. The van der Waals surface area contributed by atoms with Gasteiger partial charge in [0, 0.05) is 0 Å². The van der Waals surface area contributed by atoms with Crippen molar-refractivity contribution in [1.29, 1.82) is 10.5 Å². The Morgan fingerprint density at radius 3 is 2.25 bits per heavy atom. The Bertz CT molecular complexity index is 220. The van der Waals surface area contributed by atoms with E-state index in [1.807, 2.05) is 0 Å². The summed E-state index contributed by atoms with van der Waals surface area (Å²) in [4.78, 5) is 10.9. The fourth-order valence-electron chi connectivity index (χ4n) is 0.505. The van der Waals surface area contributed by atoms with Crippen molar-refractivity contribution in [2.24, 2.45) is 5.92 Å². The summed E-state index contributed by atoms with van der Waals surface area (Å²) in [5.74, 6) is -1.67. The number of rotatable bonds is 4. The smallest absolute Gasteiger partial charge is 0.193 e. The van der Waals surface area contributed by atoms with Crippen LogP contribution in [0.4, 0.5) is 0 Å². The average molecular weight is 166 g/mol. The predicted octanol–water partition coefficient (Wildman–Crippen LogP) is 0.644. The molecule has 0 aliphatic carbocycles. The second-order valence-corrected chi connectivity index (χ2v) is 2.52. The molecule has 0 spiro atoms. The quantitative estimate of drug-likeness (QED) is 0.614. The highest BCUT2D eigenvalue weighted by atomic mass is 16.5. The summed E-state index contributed by atoms with van der Waals surface area (Å²) in [5.41, 5.74) is 0. The van der Waals surface area contributed by atoms with Gasteiger partial charge in [0.2, 0.25) is 0 Å². The molecule has 0 saturated carbocycles. The number of hydrogen-bond acceptors (Lipinski definition) is 4. The van der Waals surface area contributed by atoms with E-state index in [0.717, 1.165) is 0 Å². The van der Waals surface area contributed by atoms with E-state index in [4.69, 9.17) is 15.3 Å². The number of ketones is 1. The van der Waals surface area contributed by atoms with Crippen LogP contribution in [0.3, 0.4) is 0 Å². The van der Waals surface area contributed by atoms with Gasteiger partial charge < -0.3 is 4.74 Å². The number of nitriles is 2. The lowest BCUT2D eigenvalue weighted by atomic mass is 10.1. The summed E-state index contributed by atoms with van der Waals surface area (Å²) < 4.78 is 4.94. The van der Waals surface area contributed by atoms with E-state index in [-0.39, 0.29) is 12.7 Å². The molecule has 0 aliphatic rings. The van der Waals surface area contributed by atoms with Crippen molar-refractivity contribution in [3.63, 3.8) is 0 Å². The van der Waals surface area contributed by atoms with Gasteiger partial charge in [-0.2, -0.15) is 10.5 Å². The largest absolute Gasteiger partial charge is 0.371 e. The number of carbonyl (C=O) groups excluding carboxylic acids is 1. The predicted molar refractivity (Wildman–Crippen MR) is 40.8 cm³/mol. The minimum atomic E-state index is -1.19. The van der Waals surface area contributed by atoms with Crippen LogP contribution in [-0.4, -0.2) is 18.5 Å². The number of ether oxygens (including phenoxy) is 1. The first-order valence-corrected chi connectivity index (χ1v) is 3.55. The Labute approximate surface area is 71.4 Å². The molecular formula is C8H10N2O2. The molecule has 4 nitrogen and oxygen atoms in total. The van der Waals surface area contributed by atoms with E-state index in [9.17, 15) is 4.79 Å². The Morgan fingerprint density at radius 1 is 1.42 bits per heavy atom. The van der Waals surface area contributed by atoms with Gasteiger partial charge in [0.25, 0.3) is 0 Å². The van der Waals surface area contributed by atoms with Crippen molar-refractivity contribution in [3.05, 3.63) is 0 Å². The summed E-state index contributed by atoms with van der Waals surface area (Å²) in [5, 5.41) is 16.6. The van der Waals surface area contributed by atoms with Crippen LogP contribution >= 0.6 is 0 Å². The Balaban J connectivity index is 3.90. The van der Waals surface area contributed by atoms with Crippen LogP contribution in [0.15, 0.2) is 0 Å². The summed E-state index contributed by atoms with van der Waals surface area (Å²) in [6.45, 7) is 3.39. The standard InChI is InChI=1S/C8H10N2O2/c1-6(2)12-5-8(11)7(3-9)4-10/h6-7H,5H2,1-2H3. The topological polar surface area (TPSA) is 73.9 Å². The lowest BCUT2D eigenvalue weighted by Gasteiger charge is -2.05. The lowest BCUT2D eigenvalue weighted by molar-refractivity contribution is -0.125. The van der Waals surface area contributed by atoms with Crippen LogP contribution in [0, 0.1) is 28.6 Å². The van der Waals surface area contributed by atoms with Gasteiger partial charge in [-0.25, -0.2) is 0 Å². The minimum absolute atomic E-state index is 0.0630. The molecule has 0 rings (SSSR count). The maximum absolute atomic E-state index is 10.9. The van der Waals surface area contributed by atoms with Crippen LogP contribution in [0.25, 0.3) is 0 Å². The third-order valence-electron chi connectivity index (χ3n) is 1.14. The Kier molecular flexibility index (Phi) is 4.67. The van der Waals surface area contributed by atoms with Gasteiger partial charge in [0.1, 0.15) is 6.61 Å². The fraction of sp³-hybridized carbons (Fsp3) is 0.625. The van der Waals surface area contributed by atoms with E-state index in [1.165, 1.54) is 0 Å². The van der Waals surface area contributed by atoms with E-state index in [0.29, 0.717) is 0 Å². The monoisotopic (exact) mass is 166 g/mol. The molecular weight excluding hydrogens is 156 g/mol. The summed E-state index contributed by atoms with van der Waals surface area (Å²) >= 11 is 0. The maximum Gasteiger partial charge on any atom is 0.193 e. The van der Waals surface area contributed by atoms with Crippen LogP contribution in [0.2, 0.25) is 0 Å². The summed E-state index contributed by atoms with van der Waals surface area (Å²) in [6, 6.07) is 3.17. The third kappa shape index (κ3) is 3.70. The first kappa shape index (κ1) is 10.6. The molecule has 0 saturated heterocycles. The number of nitrogens with zero attached hydrogens (tertiary/aromatic N) is 2. The SMILES string of the molecule is CC(C)OCC(=O)C(C#N)C#N. The van der Waals surface area contributed by atoms with E-state index in [2.05, 4.69) is 0 Å². The van der Waals surface area contributed by atoms with Gasteiger partial charge in [0.05, 0.1) is 18.2 Å². The van der Waals surface area contributed by atoms with Crippen LogP contribution < -0.4 is 0 Å². The molecule has 0 heterocycles. The van der Waals surface area contributed by atoms with E-state index < -0.39 is 11.7 Å². The number of carbonyl (C=O) groups is 1. The molecule has 12 heavy (non-hydrogen) atoms. The van der Waals surface area contributed by atoms with Crippen molar-refractivity contribution < 1.29 is 9.53 Å². The number of hydrogen-bond donors (Lipinski definition) is 0. The summed E-state index contributed by atoms with van der Waals surface area (Å²) in [6.07, 6.45) is -0.0630. The molecule has 0 radical (unpaired) electrons. The van der Waals surface area contributed by atoms with Gasteiger partial charge in [-0.05, 0) is 13.8 Å². The number of Topliss-reactive ketones (excluding diaryl/α,β-unsaturated/α-hetero) is 1. The first-order chi connectivity index (χ1) is 5.61. The minimum Gasteiger partial charge on any atom is -0.371 e. The highest BCUT2D eigenvalue weighted by Crippen LogP contribution is 1.96. The normalized spacial score (nSPS) is 9.50. The second kappa shape index (κ2) is 5.29. The molecule has 0 bridgehead atoms. The van der Waals surface area contributed by atoms with Gasteiger partial charge >= 0.3 is 0 Å². The molecule has 4 heteroatoms. The van der Waals surface area contributed by atoms with E-state index >= 15 is 0 Å². The Hall–Kier alpha value is -1.39. The van der Waals surface area contributed by atoms with Gasteiger partial charge in [-0.15, -0.1) is 0 Å². The second-order valence-electron chi connectivity index (χ2n) is 2.52. The molecule has 0 aromatic rings. The van der Waals surface area contributed by atoms with E-state index in [1.54, 1.807) is 26.0 Å². The van der Waals surface area contributed by atoms with Crippen LogP contribution in [-0.2, 0) is 9.53 Å². The zero-order chi connectivity index (χ0) is 9.56. The molecule has 0 unspecified atom stereocenters. The van der Waals surface area contributed by atoms with Gasteiger partial charge in [-0.1, -0.05) is 0 Å². The molecule has 0 amide bonds. The molecule has 0 aromatic heterocycles. The highest BCUT2D eigenvalue weighted by Gasteiger charge is 2.16. The zero-order valence-electron chi connectivity index (χ0n) is 7.07. The van der Waals surface area contributed by atoms with Crippen LogP contribution in [0.1, 0.15) is 13.8 Å². The van der Waals surface area contributed by atoms with Gasteiger partial charge in [0.15, 0.2) is 11.7 Å².